The molecule has 9 nitrogen and oxygen atoms in total. The minimum absolute atomic E-state index is 0.0810. The maximum atomic E-state index is 12.6. The SMILES string of the molecule is CCc1cn(C2CC(N=[N+]=[N-])C(COC(c3ccccc3)(c3ccccc3)c3ccccc3)O2)c(=O)[nH]c1=O. The van der Waals surface area contributed by atoms with Gasteiger partial charge in [-0.25, -0.2) is 4.79 Å². The fourth-order valence-corrected chi connectivity index (χ4v) is 5.19. The molecule has 0 bridgehead atoms. The van der Waals surface area contributed by atoms with Crippen molar-refractivity contribution < 1.29 is 9.47 Å². The molecule has 1 saturated heterocycles. The Kier molecular flexibility index (Phi) is 7.74. The largest absolute Gasteiger partial charge is 0.358 e. The number of nitrogens with zero attached hydrogens (tertiary/aromatic N) is 4. The Balaban J connectivity index is 1.54. The highest BCUT2D eigenvalue weighted by molar-refractivity contribution is 5.47. The van der Waals surface area contributed by atoms with Crippen molar-refractivity contribution in [3.8, 4) is 0 Å². The summed E-state index contributed by atoms with van der Waals surface area (Å²) in [6.07, 6.45) is 0.892. The molecule has 3 aromatic carbocycles. The molecule has 1 fully saturated rings. The van der Waals surface area contributed by atoms with E-state index in [2.05, 4.69) is 15.0 Å². The summed E-state index contributed by atoms with van der Waals surface area (Å²) < 4.78 is 14.5. The number of ether oxygens (including phenoxy) is 2. The van der Waals surface area contributed by atoms with Crippen LogP contribution >= 0.6 is 0 Å². The molecule has 0 radical (unpaired) electrons. The lowest BCUT2D eigenvalue weighted by molar-refractivity contribution is -0.0796. The van der Waals surface area contributed by atoms with Crippen LogP contribution < -0.4 is 11.2 Å². The molecule has 9 heteroatoms. The van der Waals surface area contributed by atoms with Gasteiger partial charge in [0.1, 0.15) is 11.8 Å². The number of azide groups is 1. The first kappa shape index (κ1) is 26.2. The van der Waals surface area contributed by atoms with Crippen LogP contribution in [0.5, 0.6) is 0 Å². The molecule has 0 aliphatic carbocycles. The Labute approximate surface area is 225 Å². The molecular weight excluding hydrogens is 494 g/mol. The summed E-state index contributed by atoms with van der Waals surface area (Å²) in [5, 5.41) is 3.98. The maximum Gasteiger partial charge on any atom is 0.330 e. The van der Waals surface area contributed by atoms with Crippen molar-refractivity contribution >= 4 is 0 Å². The number of nitrogens with one attached hydrogen (secondary N) is 1. The van der Waals surface area contributed by atoms with Gasteiger partial charge in [-0.3, -0.25) is 14.3 Å². The van der Waals surface area contributed by atoms with Crippen LogP contribution in [-0.2, 0) is 21.5 Å². The number of aromatic amines is 1. The van der Waals surface area contributed by atoms with Crippen LogP contribution in [0.4, 0.5) is 0 Å². The van der Waals surface area contributed by atoms with E-state index in [-0.39, 0.29) is 13.0 Å². The smallest absolute Gasteiger partial charge is 0.330 e. The van der Waals surface area contributed by atoms with Gasteiger partial charge in [0, 0.05) is 23.1 Å². The zero-order valence-corrected chi connectivity index (χ0v) is 21.5. The van der Waals surface area contributed by atoms with E-state index < -0.39 is 35.2 Å². The average Bonchev–Trinajstić information content (AvgIpc) is 3.37. The first-order chi connectivity index (χ1) is 19.1. The molecule has 5 rings (SSSR count). The summed E-state index contributed by atoms with van der Waals surface area (Å²) in [4.78, 5) is 30.1. The second-order valence-corrected chi connectivity index (χ2v) is 9.40. The summed E-state index contributed by atoms with van der Waals surface area (Å²) in [6, 6.07) is 29.3. The van der Waals surface area contributed by atoms with Gasteiger partial charge in [0.05, 0.1) is 18.8 Å². The second kappa shape index (κ2) is 11.5. The first-order valence-electron chi connectivity index (χ1n) is 12.9. The Bertz CT molecular complexity index is 1470. The van der Waals surface area contributed by atoms with Crippen molar-refractivity contribution in [1.29, 1.82) is 0 Å². The number of aromatic nitrogens is 2. The molecule has 39 heavy (non-hydrogen) atoms. The third kappa shape index (κ3) is 5.15. The fourth-order valence-electron chi connectivity index (χ4n) is 5.19. The summed E-state index contributed by atoms with van der Waals surface area (Å²) in [5.74, 6) is 0. The van der Waals surface area contributed by atoms with Crippen LogP contribution in [0.25, 0.3) is 10.4 Å². The lowest BCUT2D eigenvalue weighted by Gasteiger charge is -2.37. The highest BCUT2D eigenvalue weighted by Gasteiger charge is 2.42. The summed E-state index contributed by atoms with van der Waals surface area (Å²) in [6.45, 7) is 1.92. The number of aryl methyl sites for hydroxylation is 1. The van der Waals surface area contributed by atoms with Gasteiger partial charge in [-0.2, -0.15) is 0 Å². The molecular formula is C30H29N5O4. The van der Waals surface area contributed by atoms with E-state index in [0.717, 1.165) is 16.7 Å². The predicted molar refractivity (Wildman–Crippen MR) is 147 cm³/mol. The third-order valence-corrected chi connectivity index (χ3v) is 7.14. The number of rotatable bonds is 9. The molecule has 0 saturated carbocycles. The Morgan fingerprint density at radius 2 is 1.51 bits per heavy atom. The zero-order valence-electron chi connectivity index (χ0n) is 21.5. The first-order valence-corrected chi connectivity index (χ1v) is 12.9. The summed E-state index contributed by atoms with van der Waals surface area (Å²) in [7, 11) is 0. The minimum Gasteiger partial charge on any atom is -0.358 e. The predicted octanol–water partition coefficient (Wildman–Crippen LogP) is 5.07. The van der Waals surface area contributed by atoms with Gasteiger partial charge in [0.15, 0.2) is 0 Å². The second-order valence-electron chi connectivity index (χ2n) is 9.40. The molecule has 0 spiro atoms. The van der Waals surface area contributed by atoms with E-state index in [0.29, 0.717) is 12.0 Å². The van der Waals surface area contributed by atoms with Crippen molar-refractivity contribution in [2.24, 2.45) is 5.11 Å². The van der Waals surface area contributed by atoms with E-state index in [1.807, 2.05) is 97.9 Å². The van der Waals surface area contributed by atoms with E-state index in [1.54, 1.807) is 0 Å². The zero-order chi connectivity index (χ0) is 27.2. The van der Waals surface area contributed by atoms with Gasteiger partial charge in [-0.05, 0) is 28.6 Å². The molecule has 1 aliphatic heterocycles. The summed E-state index contributed by atoms with van der Waals surface area (Å²) in [5.41, 5.74) is 10.6. The molecule has 4 aromatic rings. The molecule has 3 atom stereocenters. The lowest BCUT2D eigenvalue weighted by atomic mass is 9.80. The van der Waals surface area contributed by atoms with Crippen LogP contribution in [0.3, 0.4) is 0 Å². The molecule has 198 valence electrons. The van der Waals surface area contributed by atoms with Gasteiger partial charge in [0.2, 0.25) is 0 Å². The van der Waals surface area contributed by atoms with Gasteiger partial charge in [-0.15, -0.1) is 0 Å². The number of hydrogen-bond acceptors (Lipinski definition) is 5. The van der Waals surface area contributed by atoms with E-state index in [4.69, 9.17) is 9.47 Å². The van der Waals surface area contributed by atoms with Gasteiger partial charge >= 0.3 is 5.69 Å². The van der Waals surface area contributed by atoms with Crippen LogP contribution in [0.1, 0.15) is 41.8 Å². The van der Waals surface area contributed by atoms with Crippen LogP contribution in [0.2, 0.25) is 0 Å². The third-order valence-electron chi connectivity index (χ3n) is 7.14. The molecule has 1 N–H and O–H groups in total. The van der Waals surface area contributed by atoms with Crippen LogP contribution in [-0.4, -0.2) is 28.3 Å². The minimum atomic E-state index is -0.976. The van der Waals surface area contributed by atoms with Crippen molar-refractivity contribution in [3.63, 3.8) is 0 Å². The van der Waals surface area contributed by atoms with Crippen molar-refractivity contribution in [1.82, 2.24) is 9.55 Å². The number of H-pyrrole nitrogens is 1. The Hall–Kier alpha value is -4.43. The Morgan fingerprint density at radius 3 is 2.00 bits per heavy atom. The molecule has 2 heterocycles. The van der Waals surface area contributed by atoms with Gasteiger partial charge in [0.25, 0.3) is 5.56 Å². The summed E-state index contributed by atoms with van der Waals surface area (Å²) >= 11 is 0. The van der Waals surface area contributed by atoms with Crippen molar-refractivity contribution in [2.75, 3.05) is 6.61 Å². The van der Waals surface area contributed by atoms with Crippen molar-refractivity contribution in [2.45, 2.75) is 43.7 Å². The van der Waals surface area contributed by atoms with E-state index in [9.17, 15) is 15.1 Å². The number of benzene rings is 3. The van der Waals surface area contributed by atoms with Crippen molar-refractivity contribution in [3.05, 3.63) is 151 Å². The molecule has 0 amide bonds. The molecule has 1 aromatic heterocycles. The highest BCUT2D eigenvalue weighted by atomic mass is 16.6. The van der Waals surface area contributed by atoms with Gasteiger partial charge in [-0.1, -0.05) is 103 Å². The lowest BCUT2D eigenvalue weighted by Crippen LogP contribution is -2.38. The fraction of sp³-hybridized carbons (Fsp3) is 0.267. The topological polar surface area (TPSA) is 122 Å². The maximum absolute atomic E-state index is 12.6. The highest BCUT2D eigenvalue weighted by Crippen LogP contribution is 2.41. The van der Waals surface area contributed by atoms with E-state index in [1.165, 1.54) is 10.8 Å². The number of hydrogen-bond donors (Lipinski definition) is 1. The standard InChI is InChI=1S/C30H29N5O4/c1-2-21-19-35(29(37)32-28(21)36)27-18-25(33-34-31)26(39-27)20-38-30(22-12-6-3-7-13-22,23-14-8-4-9-15-23)24-16-10-5-11-17-24/h3-17,19,25-27H,2,18,20H2,1H3,(H,32,36,37). The van der Waals surface area contributed by atoms with Gasteiger partial charge < -0.3 is 9.47 Å². The quantitative estimate of drug-likeness (QED) is 0.142. The monoisotopic (exact) mass is 523 g/mol. The van der Waals surface area contributed by atoms with E-state index >= 15 is 0 Å². The van der Waals surface area contributed by atoms with Crippen LogP contribution in [0, 0.1) is 0 Å². The van der Waals surface area contributed by atoms with Crippen LogP contribution in [0.15, 0.2) is 112 Å². The average molecular weight is 524 g/mol. The molecule has 3 unspecified atom stereocenters. The normalized spacial score (nSPS) is 18.9. The molecule has 1 aliphatic rings. The Morgan fingerprint density at radius 1 is 0.974 bits per heavy atom.